The van der Waals surface area contributed by atoms with Crippen LogP contribution in [0.3, 0.4) is 0 Å². The van der Waals surface area contributed by atoms with Gasteiger partial charge in [-0.15, -0.1) is 0 Å². The highest BCUT2D eigenvalue weighted by Crippen LogP contribution is 2.02. The van der Waals surface area contributed by atoms with E-state index in [2.05, 4.69) is 13.5 Å². The molecular formula is C9H18O2. The Balaban J connectivity index is 3.17. The standard InChI is InChI=1S/C9H18O2/c1-4-6-11-7-5-9(10)8(2)3/h9-10H,2,4-7H2,1,3H3. The van der Waals surface area contributed by atoms with E-state index in [1.54, 1.807) is 0 Å². The molecule has 0 fully saturated rings. The van der Waals surface area contributed by atoms with Crippen LogP contribution in [0, 0.1) is 0 Å². The summed E-state index contributed by atoms with van der Waals surface area (Å²) in [5.74, 6) is 0. The number of hydrogen-bond acceptors (Lipinski definition) is 2. The summed E-state index contributed by atoms with van der Waals surface area (Å²) in [5.41, 5.74) is 0.810. The second kappa shape index (κ2) is 6.38. The molecule has 0 aliphatic rings. The zero-order chi connectivity index (χ0) is 8.69. The highest BCUT2D eigenvalue weighted by atomic mass is 16.5. The van der Waals surface area contributed by atoms with Crippen molar-refractivity contribution in [2.45, 2.75) is 32.8 Å². The van der Waals surface area contributed by atoms with Crippen molar-refractivity contribution in [3.8, 4) is 0 Å². The summed E-state index contributed by atoms with van der Waals surface area (Å²) < 4.78 is 5.20. The van der Waals surface area contributed by atoms with Gasteiger partial charge in [0.1, 0.15) is 0 Å². The fourth-order valence-electron chi connectivity index (χ4n) is 0.688. The van der Waals surface area contributed by atoms with Gasteiger partial charge in [-0.2, -0.15) is 0 Å². The highest BCUT2D eigenvalue weighted by Gasteiger charge is 2.02. The SMILES string of the molecule is C=C(C)C(O)CCOCCC. The van der Waals surface area contributed by atoms with E-state index in [4.69, 9.17) is 4.74 Å². The molecule has 0 aliphatic carbocycles. The molecule has 0 heterocycles. The molecule has 2 heteroatoms. The van der Waals surface area contributed by atoms with Crippen LogP contribution >= 0.6 is 0 Å². The molecule has 1 unspecified atom stereocenters. The largest absolute Gasteiger partial charge is 0.389 e. The van der Waals surface area contributed by atoms with Crippen molar-refractivity contribution in [3.05, 3.63) is 12.2 Å². The number of hydrogen-bond donors (Lipinski definition) is 1. The first-order valence-corrected chi connectivity index (χ1v) is 4.09. The van der Waals surface area contributed by atoms with E-state index < -0.39 is 6.10 Å². The Morgan fingerprint density at radius 3 is 2.64 bits per heavy atom. The van der Waals surface area contributed by atoms with Gasteiger partial charge in [0.2, 0.25) is 0 Å². The van der Waals surface area contributed by atoms with Crippen molar-refractivity contribution < 1.29 is 9.84 Å². The number of aliphatic hydroxyl groups excluding tert-OH is 1. The van der Waals surface area contributed by atoms with Gasteiger partial charge in [-0.3, -0.25) is 0 Å². The summed E-state index contributed by atoms with van der Waals surface area (Å²) in [5, 5.41) is 9.25. The maximum Gasteiger partial charge on any atom is 0.0766 e. The van der Waals surface area contributed by atoms with Crippen LogP contribution in [0.1, 0.15) is 26.7 Å². The first kappa shape index (κ1) is 10.7. The first-order valence-electron chi connectivity index (χ1n) is 4.09. The topological polar surface area (TPSA) is 29.5 Å². The number of ether oxygens (including phenoxy) is 1. The third-order valence-corrected chi connectivity index (χ3v) is 1.45. The van der Waals surface area contributed by atoms with Gasteiger partial charge in [0, 0.05) is 19.6 Å². The van der Waals surface area contributed by atoms with E-state index in [1.807, 2.05) is 6.92 Å². The zero-order valence-electron chi connectivity index (χ0n) is 7.47. The molecule has 1 N–H and O–H groups in total. The molecule has 0 amide bonds. The van der Waals surface area contributed by atoms with Crippen LogP contribution in [0.15, 0.2) is 12.2 Å². The smallest absolute Gasteiger partial charge is 0.0766 e. The molecule has 1 atom stereocenters. The van der Waals surface area contributed by atoms with Gasteiger partial charge in [0.05, 0.1) is 6.10 Å². The Bertz CT molecular complexity index is 110. The molecule has 66 valence electrons. The molecule has 0 aromatic carbocycles. The molecule has 0 radical (unpaired) electrons. The Morgan fingerprint density at radius 1 is 1.55 bits per heavy atom. The fourth-order valence-corrected chi connectivity index (χ4v) is 0.688. The lowest BCUT2D eigenvalue weighted by Crippen LogP contribution is -2.11. The number of aliphatic hydroxyl groups is 1. The van der Waals surface area contributed by atoms with Crippen LogP contribution in [-0.2, 0) is 4.74 Å². The van der Waals surface area contributed by atoms with Gasteiger partial charge in [-0.25, -0.2) is 0 Å². The van der Waals surface area contributed by atoms with Gasteiger partial charge in [-0.05, 0) is 13.3 Å². The maximum absolute atomic E-state index is 9.25. The third-order valence-electron chi connectivity index (χ3n) is 1.45. The van der Waals surface area contributed by atoms with E-state index >= 15 is 0 Å². The zero-order valence-corrected chi connectivity index (χ0v) is 7.47. The molecule has 0 aromatic rings. The number of rotatable bonds is 6. The minimum atomic E-state index is -0.396. The minimum Gasteiger partial charge on any atom is -0.389 e. The van der Waals surface area contributed by atoms with Gasteiger partial charge >= 0.3 is 0 Å². The van der Waals surface area contributed by atoms with E-state index in [9.17, 15) is 5.11 Å². The molecule has 0 spiro atoms. The van der Waals surface area contributed by atoms with Crippen LogP contribution in [0.4, 0.5) is 0 Å². The summed E-state index contributed by atoms with van der Waals surface area (Å²) in [7, 11) is 0. The third kappa shape index (κ3) is 6.07. The Hall–Kier alpha value is -0.340. The second-order valence-corrected chi connectivity index (χ2v) is 2.76. The van der Waals surface area contributed by atoms with Crippen LogP contribution in [0.5, 0.6) is 0 Å². The van der Waals surface area contributed by atoms with Crippen molar-refractivity contribution in [1.82, 2.24) is 0 Å². The normalized spacial score (nSPS) is 13.0. The maximum atomic E-state index is 9.25. The molecule has 0 saturated carbocycles. The average molecular weight is 158 g/mol. The first-order chi connectivity index (χ1) is 5.18. The predicted molar refractivity (Wildman–Crippen MR) is 46.5 cm³/mol. The minimum absolute atomic E-state index is 0.396. The Kier molecular flexibility index (Phi) is 6.18. The van der Waals surface area contributed by atoms with E-state index in [1.165, 1.54) is 0 Å². The van der Waals surface area contributed by atoms with Crippen LogP contribution in [0.25, 0.3) is 0 Å². The van der Waals surface area contributed by atoms with Gasteiger partial charge in [-0.1, -0.05) is 19.1 Å². The highest BCUT2D eigenvalue weighted by molar-refractivity contribution is 4.96. The average Bonchev–Trinajstić information content (AvgIpc) is 1.97. The summed E-state index contributed by atoms with van der Waals surface area (Å²) >= 11 is 0. The second-order valence-electron chi connectivity index (χ2n) is 2.76. The Labute approximate surface area is 68.9 Å². The van der Waals surface area contributed by atoms with Crippen molar-refractivity contribution >= 4 is 0 Å². The van der Waals surface area contributed by atoms with Gasteiger partial charge in [0.25, 0.3) is 0 Å². The monoisotopic (exact) mass is 158 g/mol. The van der Waals surface area contributed by atoms with E-state index in [-0.39, 0.29) is 0 Å². The van der Waals surface area contributed by atoms with Gasteiger partial charge in [0.15, 0.2) is 0 Å². The molecule has 11 heavy (non-hydrogen) atoms. The van der Waals surface area contributed by atoms with Crippen molar-refractivity contribution in [2.75, 3.05) is 13.2 Å². The van der Waals surface area contributed by atoms with Crippen molar-refractivity contribution in [3.63, 3.8) is 0 Å². The van der Waals surface area contributed by atoms with Crippen molar-refractivity contribution in [1.29, 1.82) is 0 Å². The molecule has 0 rings (SSSR count). The molecule has 0 aliphatic heterocycles. The van der Waals surface area contributed by atoms with E-state index in [0.717, 1.165) is 18.6 Å². The lowest BCUT2D eigenvalue weighted by Gasteiger charge is -2.09. The quantitative estimate of drug-likeness (QED) is 0.471. The summed E-state index contributed by atoms with van der Waals surface area (Å²) in [6.45, 7) is 8.94. The summed E-state index contributed by atoms with van der Waals surface area (Å²) in [6, 6.07) is 0. The van der Waals surface area contributed by atoms with Crippen LogP contribution < -0.4 is 0 Å². The molecule has 0 aromatic heterocycles. The lowest BCUT2D eigenvalue weighted by molar-refractivity contribution is 0.0954. The van der Waals surface area contributed by atoms with Crippen molar-refractivity contribution in [2.24, 2.45) is 0 Å². The van der Waals surface area contributed by atoms with Crippen LogP contribution in [-0.4, -0.2) is 24.4 Å². The molecule has 0 saturated heterocycles. The summed E-state index contributed by atoms with van der Waals surface area (Å²) in [6.07, 6.45) is 1.30. The molecule has 2 nitrogen and oxygen atoms in total. The van der Waals surface area contributed by atoms with E-state index in [0.29, 0.717) is 13.0 Å². The molecular weight excluding hydrogens is 140 g/mol. The lowest BCUT2D eigenvalue weighted by atomic mass is 10.1. The predicted octanol–water partition coefficient (Wildman–Crippen LogP) is 1.74. The summed E-state index contributed by atoms with van der Waals surface area (Å²) in [4.78, 5) is 0. The van der Waals surface area contributed by atoms with Gasteiger partial charge < -0.3 is 9.84 Å². The molecule has 0 bridgehead atoms. The fraction of sp³-hybridized carbons (Fsp3) is 0.778. The van der Waals surface area contributed by atoms with Crippen LogP contribution in [0.2, 0.25) is 0 Å². The Morgan fingerprint density at radius 2 is 2.18 bits per heavy atom.